The van der Waals surface area contributed by atoms with E-state index in [0.717, 1.165) is 25.6 Å². The van der Waals surface area contributed by atoms with Crippen LogP contribution in [0.4, 0.5) is 0 Å². The first-order chi connectivity index (χ1) is 8.24. The summed E-state index contributed by atoms with van der Waals surface area (Å²) < 4.78 is 0. The Hall–Kier alpha value is -0.570. The van der Waals surface area contributed by atoms with E-state index in [2.05, 4.69) is 48.7 Å². The van der Waals surface area contributed by atoms with Gasteiger partial charge in [-0.15, -0.1) is 12.4 Å². The summed E-state index contributed by atoms with van der Waals surface area (Å²) >= 11 is 0. The highest BCUT2D eigenvalue weighted by atomic mass is 35.5. The molecule has 0 aliphatic carbocycles. The van der Waals surface area contributed by atoms with Crippen LogP contribution < -0.4 is 10.6 Å². The molecule has 102 valence electrons. The van der Waals surface area contributed by atoms with Gasteiger partial charge in [0.25, 0.3) is 0 Å². The lowest BCUT2D eigenvalue weighted by Gasteiger charge is -2.11. The zero-order valence-corrected chi connectivity index (χ0v) is 12.2. The van der Waals surface area contributed by atoms with E-state index in [-0.39, 0.29) is 12.4 Å². The molecule has 1 saturated heterocycles. The molecule has 1 atom stereocenters. The van der Waals surface area contributed by atoms with E-state index in [0.29, 0.717) is 6.04 Å². The van der Waals surface area contributed by atoms with Gasteiger partial charge in [-0.25, -0.2) is 0 Å². The minimum Gasteiger partial charge on any atom is -0.315 e. The fraction of sp³-hybridized carbons (Fsp3) is 0.600. The Balaban J connectivity index is 0.00000162. The van der Waals surface area contributed by atoms with Gasteiger partial charge < -0.3 is 10.6 Å². The van der Waals surface area contributed by atoms with Gasteiger partial charge in [0.2, 0.25) is 0 Å². The average molecular weight is 269 g/mol. The lowest BCUT2D eigenvalue weighted by Crippen LogP contribution is -2.30. The van der Waals surface area contributed by atoms with E-state index in [9.17, 15) is 0 Å². The van der Waals surface area contributed by atoms with Gasteiger partial charge in [-0.05, 0) is 36.4 Å². The van der Waals surface area contributed by atoms with Crippen LogP contribution in [0.5, 0.6) is 0 Å². The van der Waals surface area contributed by atoms with Gasteiger partial charge in [-0.2, -0.15) is 0 Å². The molecule has 1 aromatic rings. The zero-order chi connectivity index (χ0) is 12.1. The Labute approximate surface area is 117 Å². The van der Waals surface area contributed by atoms with Crippen molar-refractivity contribution in [2.75, 3.05) is 13.1 Å². The first kappa shape index (κ1) is 15.5. The average Bonchev–Trinajstić information content (AvgIpc) is 2.80. The predicted molar refractivity (Wildman–Crippen MR) is 80.3 cm³/mol. The maximum Gasteiger partial charge on any atom is 0.0208 e. The fourth-order valence-electron chi connectivity index (χ4n) is 2.36. The smallest absolute Gasteiger partial charge is 0.0208 e. The minimum atomic E-state index is 0. The summed E-state index contributed by atoms with van der Waals surface area (Å²) in [6.07, 6.45) is 2.44. The second-order valence-electron chi connectivity index (χ2n) is 5.49. The molecule has 1 heterocycles. The van der Waals surface area contributed by atoms with Crippen molar-refractivity contribution in [3.63, 3.8) is 0 Å². The van der Waals surface area contributed by atoms with Crippen molar-refractivity contribution >= 4 is 12.4 Å². The number of hydrogen-bond acceptors (Lipinski definition) is 2. The SMILES string of the molecule is CC(C)Cc1ccc(CNC2CCNC2)cc1.Cl. The molecule has 18 heavy (non-hydrogen) atoms. The largest absolute Gasteiger partial charge is 0.315 e. The Bertz CT molecular complexity index is 329. The van der Waals surface area contributed by atoms with Crippen LogP contribution in [-0.4, -0.2) is 19.1 Å². The maximum atomic E-state index is 3.60. The summed E-state index contributed by atoms with van der Waals surface area (Å²) in [4.78, 5) is 0. The quantitative estimate of drug-likeness (QED) is 0.858. The first-order valence-corrected chi connectivity index (χ1v) is 6.76. The molecule has 2 rings (SSSR count). The van der Waals surface area contributed by atoms with Gasteiger partial charge in [-0.3, -0.25) is 0 Å². The maximum absolute atomic E-state index is 3.60. The van der Waals surface area contributed by atoms with Gasteiger partial charge in [0, 0.05) is 19.1 Å². The molecule has 0 spiro atoms. The zero-order valence-electron chi connectivity index (χ0n) is 11.4. The monoisotopic (exact) mass is 268 g/mol. The van der Waals surface area contributed by atoms with E-state index in [4.69, 9.17) is 0 Å². The minimum absolute atomic E-state index is 0. The summed E-state index contributed by atoms with van der Waals surface area (Å²) in [6, 6.07) is 9.71. The summed E-state index contributed by atoms with van der Waals surface area (Å²) in [6.45, 7) is 7.80. The molecule has 0 aromatic heterocycles. The molecule has 1 fully saturated rings. The van der Waals surface area contributed by atoms with Crippen molar-refractivity contribution in [3.8, 4) is 0 Å². The van der Waals surface area contributed by atoms with Crippen LogP contribution in [-0.2, 0) is 13.0 Å². The van der Waals surface area contributed by atoms with Crippen LogP contribution in [0.15, 0.2) is 24.3 Å². The highest BCUT2D eigenvalue weighted by molar-refractivity contribution is 5.85. The van der Waals surface area contributed by atoms with Gasteiger partial charge in [0.05, 0.1) is 0 Å². The van der Waals surface area contributed by atoms with Crippen LogP contribution in [0.25, 0.3) is 0 Å². The molecular weight excluding hydrogens is 244 g/mol. The standard InChI is InChI=1S/C15H24N2.ClH/c1-12(2)9-13-3-5-14(6-4-13)10-17-15-7-8-16-11-15;/h3-6,12,15-17H,7-11H2,1-2H3;1H. The molecule has 0 bridgehead atoms. The molecule has 0 radical (unpaired) electrons. The molecule has 1 aromatic carbocycles. The third kappa shape index (κ3) is 4.97. The second-order valence-corrected chi connectivity index (χ2v) is 5.49. The molecule has 0 amide bonds. The third-order valence-corrected chi connectivity index (χ3v) is 3.32. The van der Waals surface area contributed by atoms with Crippen LogP contribution in [0.1, 0.15) is 31.4 Å². The lowest BCUT2D eigenvalue weighted by atomic mass is 10.0. The summed E-state index contributed by atoms with van der Waals surface area (Å²) in [5, 5.41) is 6.97. The van der Waals surface area contributed by atoms with Crippen LogP contribution in [0.3, 0.4) is 0 Å². The molecule has 2 N–H and O–H groups in total. The fourth-order valence-corrected chi connectivity index (χ4v) is 2.36. The topological polar surface area (TPSA) is 24.1 Å². The number of rotatable bonds is 5. The highest BCUT2D eigenvalue weighted by Crippen LogP contribution is 2.10. The third-order valence-electron chi connectivity index (χ3n) is 3.32. The predicted octanol–water partition coefficient (Wildman–Crippen LogP) is 2.76. The van der Waals surface area contributed by atoms with Crippen molar-refractivity contribution in [2.24, 2.45) is 5.92 Å². The highest BCUT2D eigenvalue weighted by Gasteiger charge is 2.12. The van der Waals surface area contributed by atoms with Gasteiger partial charge >= 0.3 is 0 Å². The number of halogens is 1. The summed E-state index contributed by atoms with van der Waals surface area (Å²) in [7, 11) is 0. The Kier molecular flexibility index (Phi) is 6.69. The molecule has 0 saturated carbocycles. The van der Waals surface area contributed by atoms with E-state index in [1.165, 1.54) is 24.0 Å². The van der Waals surface area contributed by atoms with Crippen molar-refractivity contribution < 1.29 is 0 Å². The molecule has 1 unspecified atom stereocenters. The van der Waals surface area contributed by atoms with Crippen molar-refractivity contribution in [1.82, 2.24) is 10.6 Å². The van der Waals surface area contributed by atoms with E-state index in [1.54, 1.807) is 0 Å². The normalized spacial score (nSPS) is 18.9. The number of hydrogen-bond donors (Lipinski definition) is 2. The van der Waals surface area contributed by atoms with Gasteiger partial charge in [0.1, 0.15) is 0 Å². The summed E-state index contributed by atoms with van der Waals surface area (Å²) in [5.41, 5.74) is 2.84. The number of nitrogens with one attached hydrogen (secondary N) is 2. The molecule has 1 aliphatic rings. The Morgan fingerprint density at radius 1 is 1.22 bits per heavy atom. The number of benzene rings is 1. The van der Waals surface area contributed by atoms with Crippen LogP contribution >= 0.6 is 12.4 Å². The van der Waals surface area contributed by atoms with E-state index < -0.39 is 0 Å². The van der Waals surface area contributed by atoms with Gasteiger partial charge in [0.15, 0.2) is 0 Å². The van der Waals surface area contributed by atoms with Crippen molar-refractivity contribution in [2.45, 2.75) is 39.3 Å². The Morgan fingerprint density at radius 2 is 1.89 bits per heavy atom. The van der Waals surface area contributed by atoms with E-state index in [1.807, 2.05) is 0 Å². The molecule has 3 heteroatoms. The second kappa shape index (κ2) is 7.78. The van der Waals surface area contributed by atoms with Crippen molar-refractivity contribution in [3.05, 3.63) is 35.4 Å². The first-order valence-electron chi connectivity index (χ1n) is 6.76. The van der Waals surface area contributed by atoms with Crippen LogP contribution in [0.2, 0.25) is 0 Å². The molecule has 1 aliphatic heterocycles. The lowest BCUT2D eigenvalue weighted by molar-refractivity contribution is 0.547. The summed E-state index contributed by atoms with van der Waals surface area (Å²) in [5.74, 6) is 0.739. The molecular formula is C15H25ClN2. The Morgan fingerprint density at radius 3 is 2.44 bits per heavy atom. The van der Waals surface area contributed by atoms with Gasteiger partial charge in [-0.1, -0.05) is 38.1 Å². The molecule has 2 nitrogen and oxygen atoms in total. The van der Waals surface area contributed by atoms with Crippen molar-refractivity contribution in [1.29, 1.82) is 0 Å². The van der Waals surface area contributed by atoms with Crippen LogP contribution in [0, 0.1) is 5.92 Å². The van der Waals surface area contributed by atoms with E-state index >= 15 is 0 Å².